The molecule has 0 spiro atoms. The van der Waals surface area contributed by atoms with Crippen LogP contribution in [0.15, 0.2) is 30.3 Å². The third kappa shape index (κ3) is 16.4. The van der Waals surface area contributed by atoms with E-state index >= 15 is 0 Å². The van der Waals surface area contributed by atoms with Gasteiger partial charge in [-0.25, -0.2) is 4.79 Å². The molecule has 14 heteroatoms. The first-order valence-corrected chi connectivity index (χ1v) is 15.4. The van der Waals surface area contributed by atoms with Gasteiger partial charge < -0.3 is 14.4 Å². The molecule has 1 N–H and O–H groups in total. The molecule has 1 fully saturated rings. The van der Waals surface area contributed by atoms with Crippen LogP contribution in [-0.2, 0) is 72.2 Å². The Kier molecular flexibility index (Phi) is 18.4. The predicted molar refractivity (Wildman–Crippen MR) is 151 cm³/mol. The van der Waals surface area contributed by atoms with Gasteiger partial charge in [-0.2, -0.15) is 0 Å². The molecule has 1 aromatic carbocycles. The van der Waals surface area contributed by atoms with Gasteiger partial charge in [0.15, 0.2) is 0 Å². The van der Waals surface area contributed by atoms with Crippen molar-refractivity contribution in [2.24, 2.45) is 0 Å². The van der Waals surface area contributed by atoms with Gasteiger partial charge >= 0.3 is 175 Å². The van der Waals surface area contributed by atoms with Crippen molar-refractivity contribution in [3.8, 4) is 0 Å². The predicted octanol–water partition coefficient (Wildman–Crippen LogP) is 1.59. The zero-order valence-electron chi connectivity index (χ0n) is 25.3. The SMILES string of the molecule is CC(=O)OC[C@H]1OC(OCCOCCOCCOCCN(C)C(=O)OCc2ccccc2)[C@H](N[C](C)=[Os])C[C@H]1OC(C)=O. The van der Waals surface area contributed by atoms with Crippen LogP contribution in [0.5, 0.6) is 0 Å². The molecule has 1 aliphatic rings. The Bertz CT molecular complexity index is 984. The Morgan fingerprint density at radius 1 is 0.907 bits per heavy atom. The molecule has 2 rings (SSSR count). The first-order valence-electron chi connectivity index (χ1n) is 14.1. The number of amides is 1. The molecule has 0 bridgehead atoms. The Labute approximate surface area is 263 Å². The molecule has 1 heterocycles. The third-order valence-corrected chi connectivity index (χ3v) is 6.40. The van der Waals surface area contributed by atoms with E-state index in [9.17, 15) is 14.4 Å². The minimum atomic E-state index is -0.658. The molecule has 1 amide bonds. The van der Waals surface area contributed by atoms with Crippen LogP contribution in [0.25, 0.3) is 0 Å². The van der Waals surface area contributed by atoms with E-state index < -0.39 is 36.5 Å². The molecule has 1 saturated heterocycles. The maximum atomic E-state index is 12.0. The van der Waals surface area contributed by atoms with Crippen LogP contribution in [0.2, 0.25) is 0 Å². The van der Waals surface area contributed by atoms with Gasteiger partial charge in [-0.1, -0.05) is 30.3 Å². The van der Waals surface area contributed by atoms with Crippen LogP contribution in [-0.4, -0.2) is 118 Å². The summed E-state index contributed by atoms with van der Waals surface area (Å²) in [5, 5.41) is 3.32. The van der Waals surface area contributed by atoms with E-state index in [1.54, 1.807) is 25.2 Å². The second-order valence-electron chi connectivity index (χ2n) is 9.66. The van der Waals surface area contributed by atoms with Gasteiger partial charge in [0.2, 0.25) is 0 Å². The van der Waals surface area contributed by atoms with Gasteiger partial charge in [-0.3, -0.25) is 0 Å². The van der Waals surface area contributed by atoms with E-state index in [-0.39, 0.29) is 25.9 Å². The normalized spacial score (nSPS) is 19.8. The topological polar surface area (TPSA) is 140 Å². The number of ether oxygens (including phenoxy) is 8. The molecule has 1 aromatic rings. The van der Waals surface area contributed by atoms with Crippen molar-refractivity contribution in [3.05, 3.63) is 35.9 Å². The first kappa shape index (κ1) is 36.9. The van der Waals surface area contributed by atoms with Crippen LogP contribution in [0.1, 0.15) is 32.8 Å². The second-order valence-corrected chi connectivity index (χ2v) is 11.6. The maximum absolute atomic E-state index is 12.0. The number of carbonyl (C=O) groups excluding carboxylic acids is 3. The number of esters is 2. The first-order chi connectivity index (χ1) is 20.7. The molecule has 0 aliphatic carbocycles. The summed E-state index contributed by atoms with van der Waals surface area (Å²) in [5.74, 6) is -0.890. The molecule has 0 radical (unpaired) electrons. The average molecular weight is 787 g/mol. The van der Waals surface area contributed by atoms with Gasteiger partial charge in [0.1, 0.15) is 6.61 Å². The van der Waals surface area contributed by atoms with Crippen LogP contribution in [0, 0.1) is 0 Å². The fourth-order valence-corrected chi connectivity index (χ4v) is 4.44. The monoisotopic (exact) mass is 788 g/mol. The summed E-state index contributed by atoms with van der Waals surface area (Å²) >= 11 is 1.70. The quantitative estimate of drug-likeness (QED) is 0.117. The van der Waals surface area contributed by atoms with Crippen molar-refractivity contribution >= 4 is 22.2 Å². The number of carbonyl (C=O) groups is 3. The second kappa shape index (κ2) is 21.4. The molecule has 1 aliphatic heterocycles. The fourth-order valence-electron chi connectivity index (χ4n) is 3.97. The Hall–Kier alpha value is -2.30. The summed E-state index contributed by atoms with van der Waals surface area (Å²) in [6, 6.07) is 9.24. The fraction of sp³-hybridized carbons (Fsp3) is 0.655. The zero-order chi connectivity index (χ0) is 31.5. The van der Waals surface area contributed by atoms with Gasteiger partial charge in [0, 0.05) is 13.6 Å². The number of likely N-dealkylation sites (N-methyl/N-ethyl adjacent to an activating group) is 1. The molecule has 1 unspecified atom stereocenters. The van der Waals surface area contributed by atoms with Crippen LogP contribution in [0.3, 0.4) is 0 Å². The van der Waals surface area contributed by atoms with Gasteiger partial charge in [-0.05, 0) is 5.56 Å². The Morgan fingerprint density at radius 3 is 2.14 bits per heavy atom. The van der Waals surface area contributed by atoms with Crippen molar-refractivity contribution in [3.63, 3.8) is 0 Å². The Balaban J connectivity index is 1.55. The zero-order valence-corrected chi connectivity index (χ0v) is 27.8. The van der Waals surface area contributed by atoms with Crippen LogP contribution < -0.4 is 5.32 Å². The summed E-state index contributed by atoms with van der Waals surface area (Å²) in [4.78, 5) is 36.4. The van der Waals surface area contributed by atoms with Crippen LogP contribution in [0.4, 0.5) is 4.79 Å². The van der Waals surface area contributed by atoms with Gasteiger partial charge in [0.25, 0.3) is 0 Å². The molecule has 0 saturated carbocycles. The average Bonchev–Trinajstić information content (AvgIpc) is 2.96. The van der Waals surface area contributed by atoms with Crippen LogP contribution >= 0.6 is 0 Å². The molecule has 43 heavy (non-hydrogen) atoms. The number of nitrogens with zero attached hydrogens (tertiary/aromatic N) is 1. The summed E-state index contributed by atoms with van der Waals surface area (Å²) in [6.45, 7) is 7.64. The van der Waals surface area contributed by atoms with Crippen molar-refractivity contribution in [1.82, 2.24) is 10.2 Å². The molecule has 13 nitrogen and oxygen atoms in total. The van der Waals surface area contributed by atoms with E-state index in [2.05, 4.69) is 5.32 Å². The molecule has 4 atom stereocenters. The molecule has 244 valence electrons. The third-order valence-electron chi connectivity index (χ3n) is 6.03. The standard InChI is InChI=1S/C29H44N2O11.Os/c1-5-30-25-19-26(41-23(3)33)27(21-39-22(2)32)42-28(25)38-18-17-37-16-15-36-14-13-35-12-11-31(4)29(34)40-20-24-9-7-6-8-10-24;/h6-10,25-28,30H,11-21H2,1-4H3;/t25-,26-,27-,28?;/m1./s1. The van der Waals surface area contributed by atoms with E-state index in [1.165, 1.54) is 18.7 Å². The molecule has 0 aromatic heterocycles. The molecular weight excluding hydrogens is 743 g/mol. The van der Waals surface area contributed by atoms with E-state index in [1.807, 2.05) is 37.3 Å². The number of nitrogens with one attached hydrogen (secondary N) is 1. The van der Waals surface area contributed by atoms with E-state index in [0.29, 0.717) is 52.6 Å². The number of rotatable bonds is 20. The Morgan fingerprint density at radius 2 is 1.53 bits per heavy atom. The van der Waals surface area contributed by atoms with Crippen molar-refractivity contribution in [2.45, 2.75) is 58.3 Å². The van der Waals surface area contributed by atoms with E-state index in [0.717, 1.165) is 9.75 Å². The number of hydrogen-bond donors (Lipinski definition) is 1. The number of benzene rings is 1. The van der Waals surface area contributed by atoms with E-state index in [4.69, 9.17) is 37.9 Å². The van der Waals surface area contributed by atoms with Gasteiger partial charge in [-0.15, -0.1) is 0 Å². The summed E-state index contributed by atoms with van der Waals surface area (Å²) < 4.78 is 45.4. The van der Waals surface area contributed by atoms with Gasteiger partial charge in [0.05, 0.1) is 13.2 Å². The number of hydrogen-bond acceptors (Lipinski definition) is 12. The van der Waals surface area contributed by atoms with Crippen molar-refractivity contribution in [1.29, 1.82) is 0 Å². The summed E-state index contributed by atoms with van der Waals surface area (Å²) in [5.41, 5.74) is 0.932. The summed E-state index contributed by atoms with van der Waals surface area (Å²) in [6.07, 6.45) is -1.87. The minimum absolute atomic E-state index is 0.0496. The van der Waals surface area contributed by atoms with Crippen molar-refractivity contribution in [2.75, 3.05) is 66.4 Å². The van der Waals surface area contributed by atoms with Crippen molar-refractivity contribution < 1.29 is 70.4 Å². The summed E-state index contributed by atoms with van der Waals surface area (Å²) in [7, 11) is 1.66. The molecular formula is C29H44N2O11Os.